The average molecular weight is 382 g/mol. The molecule has 0 radical (unpaired) electrons. The van der Waals surface area contributed by atoms with E-state index in [1.54, 1.807) is 0 Å². The molecular formula is C23H27NO2S. The molecule has 27 heavy (non-hydrogen) atoms. The number of allylic oxidation sites excluding steroid dienone is 2. The van der Waals surface area contributed by atoms with E-state index in [4.69, 9.17) is 4.74 Å². The van der Waals surface area contributed by atoms with Gasteiger partial charge in [0.2, 0.25) is 0 Å². The fourth-order valence-electron chi connectivity index (χ4n) is 2.57. The van der Waals surface area contributed by atoms with E-state index in [9.17, 15) is 4.79 Å². The first-order chi connectivity index (χ1) is 13.1. The van der Waals surface area contributed by atoms with Crippen molar-refractivity contribution < 1.29 is 9.53 Å². The van der Waals surface area contributed by atoms with Gasteiger partial charge in [0.05, 0.1) is 11.5 Å². The molecule has 0 saturated carbocycles. The summed E-state index contributed by atoms with van der Waals surface area (Å²) in [6, 6.07) is 20.4. The van der Waals surface area contributed by atoms with E-state index in [1.807, 2.05) is 74.5 Å². The SMILES string of the molecule is CCOC(=O)C(=CC=C(c1ccccc1)N(C)C)SCCc1ccccc1. The fourth-order valence-corrected chi connectivity index (χ4v) is 3.47. The largest absolute Gasteiger partial charge is 0.462 e. The van der Waals surface area contributed by atoms with Crippen LogP contribution in [0.25, 0.3) is 5.70 Å². The molecule has 3 nitrogen and oxygen atoms in total. The quantitative estimate of drug-likeness (QED) is 0.347. The van der Waals surface area contributed by atoms with E-state index in [-0.39, 0.29) is 5.97 Å². The lowest BCUT2D eigenvalue weighted by molar-refractivity contribution is -0.137. The Balaban J connectivity index is 2.16. The lowest BCUT2D eigenvalue weighted by atomic mass is 10.1. The van der Waals surface area contributed by atoms with E-state index < -0.39 is 0 Å². The molecule has 0 aliphatic heterocycles. The van der Waals surface area contributed by atoms with Crippen molar-refractivity contribution in [1.82, 2.24) is 4.90 Å². The zero-order valence-corrected chi connectivity index (χ0v) is 17.0. The van der Waals surface area contributed by atoms with Crippen LogP contribution in [0.2, 0.25) is 0 Å². The van der Waals surface area contributed by atoms with Crippen LogP contribution >= 0.6 is 11.8 Å². The maximum Gasteiger partial charge on any atom is 0.344 e. The van der Waals surface area contributed by atoms with Gasteiger partial charge >= 0.3 is 5.97 Å². The number of carbonyl (C=O) groups excluding carboxylic acids is 1. The van der Waals surface area contributed by atoms with Crippen molar-refractivity contribution in [3.8, 4) is 0 Å². The van der Waals surface area contributed by atoms with Crippen molar-refractivity contribution in [1.29, 1.82) is 0 Å². The summed E-state index contributed by atoms with van der Waals surface area (Å²) < 4.78 is 5.23. The van der Waals surface area contributed by atoms with E-state index in [0.717, 1.165) is 23.4 Å². The third-order valence-corrected chi connectivity index (χ3v) is 4.93. The second-order valence-corrected chi connectivity index (χ2v) is 7.28. The molecule has 0 aromatic heterocycles. The number of nitrogens with zero attached hydrogens (tertiary/aromatic N) is 1. The molecular weight excluding hydrogens is 354 g/mol. The smallest absolute Gasteiger partial charge is 0.344 e. The molecule has 0 unspecified atom stereocenters. The molecule has 0 amide bonds. The topological polar surface area (TPSA) is 29.5 Å². The fraction of sp³-hybridized carbons (Fsp3) is 0.261. The van der Waals surface area contributed by atoms with Gasteiger partial charge in [-0.25, -0.2) is 4.79 Å². The highest BCUT2D eigenvalue weighted by atomic mass is 32.2. The Kier molecular flexibility index (Phi) is 8.72. The monoisotopic (exact) mass is 381 g/mol. The van der Waals surface area contributed by atoms with Gasteiger partial charge in [0.15, 0.2) is 0 Å². The molecule has 0 atom stereocenters. The van der Waals surface area contributed by atoms with Crippen LogP contribution in [0.4, 0.5) is 0 Å². The van der Waals surface area contributed by atoms with E-state index >= 15 is 0 Å². The van der Waals surface area contributed by atoms with Gasteiger partial charge in [-0.2, -0.15) is 0 Å². The number of rotatable bonds is 9. The van der Waals surface area contributed by atoms with Crippen LogP contribution < -0.4 is 0 Å². The van der Waals surface area contributed by atoms with Crippen LogP contribution in [0.15, 0.2) is 77.7 Å². The lowest BCUT2D eigenvalue weighted by Gasteiger charge is -2.17. The molecule has 0 heterocycles. The second-order valence-electron chi connectivity index (χ2n) is 6.15. The van der Waals surface area contributed by atoms with Gasteiger partial charge in [0.1, 0.15) is 0 Å². The Morgan fingerprint density at radius 1 is 1.00 bits per heavy atom. The lowest BCUT2D eigenvalue weighted by Crippen LogP contribution is -2.10. The normalized spacial score (nSPS) is 12.0. The van der Waals surface area contributed by atoms with Gasteiger partial charge in [-0.15, -0.1) is 11.8 Å². The highest BCUT2D eigenvalue weighted by Crippen LogP contribution is 2.22. The van der Waals surface area contributed by atoms with Gasteiger partial charge < -0.3 is 9.64 Å². The minimum Gasteiger partial charge on any atom is -0.462 e. The summed E-state index contributed by atoms with van der Waals surface area (Å²) in [5, 5.41) is 0. The number of esters is 1. The summed E-state index contributed by atoms with van der Waals surface area (Å²) in [5.74, 6) is 0.559. The van der Waals surface area contributed by atoms with Gasteiger partial charge in [0, 0.05) is 25.5 Å². The number of carbonyl (C=O) groups is 1. The Hall–Kier alpha value is -2.46. The van der Waals surface area contributed by atoms with Crippen molar-refractivity contribution in [2.45, 2.75) is 13.3 Å². The minimum atomic E-state index is -0.266. The van der Waals surface area contributed by atoms with Crippen LogP contribution in [-0.4, -0.2) is 37.3 Å². The van der Waals surface area contributed by atoms with E-state index in [2.05, 4.69) is 24.3 Å². The van der Waals surface area contributed by atoms with Gasteiger partial charge in [-0.05, 0) is 36.6 Å². The molecule has 2 aromatic carbocycles. The summed E-state index contributed by atoms with van der Waals surface area (Å²) in [6.07, 6.45) is 4.76. The highest BCUT2D eigenvalue weighted by Gasteiger charge is 2.11. The molecule has 0 spiro atoms. The summed E-state index contributed by atoms with van der Waals surface area (Å²) in [4.78, 5) is 15.0. The first-order valence-corrected chi connectivity index (χ1v) is 10.1. The molecule has 2 rings (SSSR count). The molecule has 0 aliphatic carbocycles. The predicted molar refractivity (Wildman–Crippen MR) is 115 cm³/mol. The summed E-state index contributed by atoms with van der Waals surface area (Å²) in [6.45, 7) is 2.20. The summed E-state index contributed by atoms with van der Waals surface area (Å²) in [7, 11) is 4.00. The first-order valence-electron chi connectivity index (χ1n) is 9.10. The molecule has 0 fully saturated rings. The molecule has 0 bridgehead atoms. The van der Waals surface area contributed by atoms with Crippen LogP contribution in [0.5, 0.6) is 0 Å². The van der Waals surface area contributed by atoms with Crippen molar-refractivity contribution in [3.05, 3.63) is 88.8 Å². The summed E-state index contributed by atoms with van der Waals surface area (Å²) >= 11 is 1.54. The van der Waals surface area contributed by atoms with Crippen molar-refractivity contribution in [2.75, 3.05) is 26.5 Å². The number of ether oxygens (including phenoxy) is 1. The second kappa shape index (κ2) is 11.3. The molecule has 2 aromatic rings. The zero-order valence-electron chi connectivity index (χ0n) is 16.2. The molecule has 4 heteroatoms. The highest BCUT2D eigenvalue weighted by molar-refractivity contribution is 8.03. The van der Waals surface area contributed by atoms with Crippen LogP contribution in [-0.2, 0) is 16.0 Å². The number of hydrogen-bond donors (Lipinski definition) is 0. The molecule has 0 N–H and O–H groups in total. The maximum atomic E-state index is 12.4. The number of benzene rings is 2. The molecule has 0 saturated heterocycles. The predicted octanol–water partition coefficient (Wildman–Crippen LogP) is 5.01. The Morgan fingerprint density at radius 2 is 1.63 bits per heavy atom. The van der Waals surface area contributed by atoms with Crippen LogP contribution in [0, 0.1) is 0 Å². The van der Waals surface area contributed by atoms with Gasteiger partial charge in [0.25, 0.3) is 0 Å². The van der Waals surface area contributed by atoms with Gasteiger partial charge in [-0.1, -0.05) is 60.7 Å². The Morgan fingerprint density at radius 3 is 2.22 bits per heavy atom. The van der Waals surface area contributed by atoms with E-state index in [1.165, 1.54) is 17.3 Å². The third kappa shape index (κ3) is 6.99. The van der Waals surface area contributed by atoms with Crippen molar-refractivity contribution in [3.63, 3.8) is 0 Å². The van der Waals surface area contributed by atoms with Crippen LogP contribution in [0.1, 0.15) is 18.1 Å². The van der Waals surface area contributed by atoms with Gasteiger partial charge in [-0.3, -0.25) is 0 Å². The average Bonchev–Trinajstić information content (AvgIpc) is 2.68. The Labute approximate surface area is 166 Å². The first kappa shape index (κ1) is 20.8. The number of aryl methyl sites for hydroxylation is 1. The van der Waals surface area contributed by atoms with E-state index in [0.29, 0.717) is 11.5 Å². The maximum absolute atomic E-state index is 12.4. The minimum absolute atomic E-state index is 0.266. The van der Waals surface area contributed by atoms with Crippen LogP contribution in [0.3, 0.4) is 0 Å². The number of thioether (sulfide) groups is 1. The number of hydrogen-bond acceptors (Lipinski definition) is 4. The standard InChI is InChI=1S/C23H27NO2S/c1-4-26-23(25)22(27-18-17-19-11-7-5-8-12-19)16-15-21(24(2)3)20-13-9-6-10-14-20/h5-16H,4,17-18H2,1-3H3. The molecule has 0 aliphatic rings. The summed E-state index contributed by atoms with van der Waals surface area (Å²) in [5.41, 5.74) is 3.42. The van der Waals surface area contributed by atoms with Crippen molar-refractivity contribution >= 4 is 23.4 Å². The molecule has 142 valence electrons. The van der Waals surface area contributed by atoms with Crippen molar-refractivity contribution in [2.24, 2.45) is 0 Å². The Bertz CT molecular complexity index is 767. The third-order valence-electron chi connectivity index (χ3n) is 3.91. The zero-order chi connectivity index (χ0) is 19.5.